The second kappa shape index (κ2) is 10.2. The summed E-state index contributed by atoms with van der Waals surface area (Å²) in [5, 5.41) is 2.19. The minimum absolute atomic E-state index is 0.0694. The molecule has 0 aliphatic carbocycles. The highest BCUT2D eigenvalue weighted by Gasteiger charge is 2.23. The maximum atomic E-state index is 13.5. The van der Waals surface area contributed by atoms with E-state index in [0.717, 1.165) is 28.2 Å². The minimum atomic E-state index is -0.280. The topological polar surface area (TPSA) is 35.1 Å². The van der Waals surface area contributed by atoms with Crippen molar-refractivity contribution in [1.82, 2.24) is 0 Å². The Morgan fingerprint density at radius 2 is 1.17 bits per heavy atom. The number of nitrogens with two attached hydrogens (primary N) is 1. The number of rotatable bonds is 9. The Bertz CT molecular complexity index is 897. The van der Waals surface area contributed by atoms with Crippen LogP contribution in [0.5, 0.6) is 11.5 Å². The van der Waals surface area contributed by atoms with Gasteiger partial charge in [0.2, 0.25) is 0 Å². The van der Waals surface area contributed by atoms with Crippen LogP contribution < -0.4 is 14.8 Å². The Morgan fingerprint density at radius 1 is 0.700 bits per heavy atom. The first-order valence-electron chi connectivity index (χ1n) is 10.3. The zero-order valence-corrected chi connectivity index (χ0v) is 17.6. The molecule has 0 saturated heterocycles. The van der Waals surface area contributed by atoms with Crippen LogP contribution >= 0.6 is 0 Å². The molecule has 3 aromatic rings. The Kier molecular flexibility index (Phi) is 7.41. The molecule has 3 aromatic carbocycles. The van der Waals surface area contributed by atoms with Gasteiger partial charge >= 0.3 is 0 Å². The van der Waals surface area contributed by atoms with Gasteiger partial charge in [-0.2, -0.15) is 0 Å². The molecule has 0 bridgehead atoms. The Balaban J connectivity index is 1.91. The van der Waals surface area contributed by atoms with Crippen molar-refractivity contribution in [3.05, 3.63) is 95.1 Å². The van der Waals surface area contributed by atoms with Crippen LogP contribution in [0, 0.1) is 11.6 Å². The van der Waals surface area contributed by atoms with Crippen LogP contribution in [-0.4, -0.2) is 13.2 Å². The van der Waals surface area contributed by atoms with E-state index < -0.39 is 0 Å². The summed E-state index contributed by atoms with van der Waals surface area (Å²) >= 11 is 0. The molecule has 0 aliphatic rings. The summed E-state index contributed by atoms with van der Waals surface area (Å²) in [6, 6.07) is 18.8. The molecule has 0 fully saturated rings. The van der Waals surface area contributed by atoms with Gasteiger partial charge in [-0.3, -0.25) is 0 Å². The molecule has 0 spiro atoms. The van der Waals surface area contributed by atoms with E-state index in [-0.39, 0.29) is 23.7 Å². The average Bonchev–Trinajstić information content (AvgIpc) is 2.75. The van der Waals surface area contributed by atoms with Crippen molar-refractivity contribution in [2.24, 2.45) is 0 Å². The molecule has 0 heterocycles. The normalized spacial score (nSPS) is 12.1. The zero-order chi connectivity index (χ0) is 21.5. The average molecular weight is 413 g/mol. The maximum Gasteiger partial charge on any atom is 0.161 e. The summed E-state index contributed by atoms with van der Waals surface area (Å²) in [7, 11) is 0. The summed E-state index contributed by atoms with van der Waals surface area (Å²) in [6.45, 7) is 7.10. The lowest BCUT2D eigenvalue weighted by Gasteiger charge is -2.22. The lowest BCUT2D eigenvalue weighted by molar-refractivity contribution is -0.723. The number of ether oxygens (including phenoxy) is 2. The number of benzene rings is 3. The zero-order valence-electron chi connectivity index (χ0n) is 17.6. The largest absolute Gasteiger partial charge is 0.490 e. The third kappa shape index (κ3) is 5.36. The fraction of sp³-hybridized carbons (Fsp3) is 0.280. The van der Waals surface area contributed by atoms with Gasteiger partial charge in [0.1, 0.15) is 23.7 Å². The second-order valence-corrected chi connectivity index (χ2v) is 7.13. The van der Waals surface area contributed by atoms with E-state index in [1.807, 2.05) is 32.0 Å². The van der Waals surface area contributed by atoms with Gasteiger partial charge in [0.15, 0.2) is 11.5 Å². The van der Waals surface area contributed by atoms with Crippen molar-refractivity contribution < 1.29 is 23.6 Å². The van der Waals surface area contributed by atoms with E-state index in [4.69, 9.17) is 9.47 Å². The third-order valence-electron chi connectivity index (χ3n) is 5.03. The molecular formula is C25H28F2NO2+. The minimum Gasteiger partial charge on any atom is -0.490 e. The highest BCUT2D eigenvalue weighted by Crippen LogP contribution is 2.30. The van der Waals surface area contributed by atoms with Crippen molar-refractivity contribution in [2.75, 3.05) is 13.2 Å². The highest BCUT2D eigenvalue weighted by atomic mass is 19.1. The molecule has 0 radical (unpaired) electrons. The van der Waals surface area contributed by atoms with Gasteiger partial charge in [0.05, 0.1) is 13.2 Å². The van der Waals surface area contributed by atoms with Crippen LogP contribution in [-0.2, 0) is 0 Å². The van der Waals surface area contributed by atoms with Crippen molar-refractivity contribution in [3.63, 3.8) is 0 Å². The number of hydrogen-bond donors (Lipinski definition) is 1. The Morgan fingerprint density at radius 3 is 1.67 bits per heavy atom. The molecule has 0 amide bonds. The molecular weight excluding hydrogens is 384 g/mol. The van der Waals surface area contributed by atoms with Crippen LogP contribution in [0.15, 0.2) is 66.7 Å². The fourth-order valence-electron chi connectivity index (χ4n) is 3.51. The van der Waals surface area contributed by atoms with E-state index in [0.29, 0.717) is 13.2 Å². The van der Waals surface area contributed by atoms with Crippen LogP contribution in [0.2, 0.25) is 0 Å². The van der Waals surface area contributed by atoms with E-state index >= 15 is 0 Å². The summed E-state index contributed by atoms with van der Waals surface area (Å²) < 4.78 is 38.3. The maximum absolute atomic E-state index is 13.5. The smallest absolute Gasteiger partial charge is 0.161 e. The second-order valence-electron chi connectivity index (χ2n) is 7.13. The molecule has 5 heteroatoms. The van der Waals surface area contributed by atoms with E-state index in [9.17, 15) is 8.78 Å². The first-order chi connectivity index (χ1) is 14.5. The van der Waals surface area contributed by atoms with Gasteiger partial charge in [-0.25, -0.2) is 8.78 Å². The van der Waals surface area contributed by atoms with Crippen LogP contribution in [0.4, 0.5) is 8.78 Å². The predicted molar refractivity (Wildman–Crippen MR) is 114 cm³/mol. The Labute approximate surface area is 176 Å². The van der Waals surface area contributed by atoms with Crippen molar-refractivity contribution in [2.45, 2.75) is 32.9 Å². The molecule has 1 atom stereocenters. The first kappa shape index (κ1) is 21.8. The molecule has 3 rings (SSSR count). The summed E-state index contributed by atoms with van der Waals surface area (Å²) in [5.74, 6) is 0.885. The number of halogens is 2. The van der Waals surface area contributed by atoms with Crippen LogP contribution in [0.25, 0.3) is 0 Å². The molecule has 0 aliphatic heterocycles. The predicted octanol–water partition coefficient (Wildman–Crippen LogP) is 5.18. The van der Waals surface area contributed by atoms with Gasteiger partial charge in [-0.05, 0) is 87.5 Å². The molecule has 0 unspecified atom stereocenters. The summed E-state index contributed by atoms with van der Waals surface area (Å²) in [5.41, 5.74) is 2.98. The van der Waals surface area contributed by atoms with Gasteiger partial charge in [-0.15, -0.1) is 0 Å². The molecule has 0 aromatic heterocycles. The monoisotopic (exact) mass is 412 g/mol. The van der Waals surface area contributed by atoms with E-state index in [1.54, 1.807) is 24.3 Å². The van der Waals surface area contributed by atoms with Gasteiger partial charge in [0.25, 0.3) is 0 Å². The van der Waals surface area contributed by atoms with Gasteiger partial charge in [-0.1, -0.05) is 0 Å². The molecule has 3 nitrogen and oxygen atoms in total. The number of quaternary nitrogens is 1. The third-order valence-corrected chi connectivity index (χ3v) is 5.03. The molecule has 158 valence electrons. The lowest BCUT2D eigenvalue weighted by atomic mass is 9.96. The van der Waals surface area contributed by atoms with E-state index in [1.165, 1.54) is 24.3 Å². The van der Waals surface area contributed by atoms with Crippen molar-refractivity contribution >= 4 is 0 Å². The number of hydrogen-bond acceptors (Lipinski definition) is 2. The molecule has 0 saturated carbocycles. The molecule has 2 N–H and O–H groups in total. The van der Waals surface area contributed by atoms with E-state index in [2.05, 4.69) is 12.2 Å². The highest BCUT2D eigenvalue weighted by molar-refractivity contribution is 5.43. The standard InChI is InChI=1S/C25H27F2NO2/c1-4-29-23-15-10-20(16-24(23)30-5-2)17(3)28-25(18-6-11-21(26)12-7-18)19-8-13-22(27)14-9-19/h6-17,25,28H,4-5H2,1-3H3/p+1/t17-/m0/s1. The van der Waals surface area contributed by atoms with Gasteiger partial charge in [0, 0.05) is 16.7 Å². The quantitative estimate of drug-likeness (QED) is 0.526. The fourth-order valence-corrected chi connectivity index (χ4v) is 3.51. The first-order valence-corrected chi connectivity index (χ1v) is 10.3. The van der Waals surface area contributed by atoms with Crippen LogP contribution in [0.3, 0.4) is 0 Å². The Hall–Kier alpha value is -2.92. The van der Waals surface area contributed by atoms with Crippen molar-refractivity contribution in [1.29, 1.82) is 0 Å². The molecule has 30 heavy (non-hydrogen) atoms. The summed E-state index contributed by atoms with van der Waals surface area (Å²) in [6.07, 6.45) is 0. The van der Waals surface area contributed by atoms with Crippen molar-refractivity contribution in [3.8, 4) is 11.5 Å². The van der Waals surface area contributed by atoms with Crippen LogP contribution in [0.1, 0.15) is 49.5 Å². The lowest BCUT2D eigenvalue weighted by Crippen LogP contribution is -2.85. The SMILES string of the molecule is CCOc1ccc([C@H](C)[NH2+]C(c2ccc(F)cc2)c2ccc(F)cc2)cc1OCC. The van der Waals surface area contributed by atoms with Gasteiger partial charge < -0.3 is 14.8 Å². The summed E-state index contributed by atoms with van der Waals surface area (Å²) in [4.78, 5) is 0.